The van der Waals surface area contributed by atoms with Crippen LogP contribution in [0.5, 0.6) is 0 Å². The third-order valence-corrected chi connectivity index (χ3v) is 5.10. The lowest BCUT2D eigenvalue weighted by atomic mass is 10.2. The minimum absolute atomic E-state index is 0.0865. The molecule has 0 N–H and O–H groups in total. The Kier molecular flexibility index (Phi) is 3.42. The number of amides is 1. The van der Waals surface area contributed by atoms with E-state index in [4.69, 9.17) is 0 Å². The standard InChI is InChI=1S/C11H12N2O4S/c14-11(12-18(17)7-1-2-8-18)9-3-5-10(6-4-9)13(15)16/h3-6H,1-2,7-8H2. The van der Waals surface area contributed by atoms with Crippen LogP contribution in [0.3, 0.4) is 0 Å². The molecule has 1 aromatic carbocycles. The number of non-ortho nitro benzene ring substituents is 1. The molecule has 0 aromatic heterocycles. The summed E-state index contributed by atoms with van der Waals surface area (Å²) in [5.41, 5.74) is 0.145. The molecule has 0 radical (unpaired) electrons. The first kappa shape index (κ1) is 12.7. The summed E-state index contributed by atoms with van der Waals surface area (Å²) < 4.78 is 15.8. The Hall–Kier alpha value is -1.76. The van der Waals surface area contributed by atoms with Gasteiger partial charge >= 0.3 is 0 Å². The SMILES string of the molecule is O=C(N=S1(=O)CCCC1)c1ccc([N+](=O)[O-])cc1. The first-order valence-electron chi connectivity index (χ1n) is 5.51. The van der Waals surface area contributed by atoms with Crippen molar-refractivity contribution in [3.8, 4) is 0 Å². The molecule has 0 unspecified atom stereocenters. The van der Waals surface area contributed by atoms with Gasteiger partial charge < -0.3 is 0 Å². The predicted octanol–water partition coefficient (Wildman–Crippen LogP) is 2.00. The van der Waals surface area contributed by atoms with Crippen LogP contribution in [0.15, 0.2) is 28.6 Å². The number of nitrogens with zero attached hydrogens (tertiary/aromatic N) is 2. The maximum absolute atomic E-state index is 12.0. The van der Waals surface area contributed by atoms with Crippen LogP contribution >= 0.6 is 0 Å². The monoisotopic (exact) mass is 268 g/mol. The topological polar surface area (TPSA) is 89.6 Å². The van der Waals surface area contributed by atoms with Crippen molar-refractivity contribution in [2.45, 2.75) is 12.8 Å². The number of rotatable bonds is 2. The van der Waals surface area contributed by atoms with Crippen molar-refractivity contribution < 1.29 is 13.9 Å². The van der Waals surface area contributed by atoms with Crippen molar-refractivity contribution in [1.82, 2.24) is 0 Å². The first-order valence-corrected chi connectivity index (χ1v) is 7.37. The summed E-state index contributed by atoms with van der Waals surface area (Å²) in [6.45, 7) is 0. The Labute approximate surface area is 104 Å². The van der Waals surface area contributed by atoms with E-state index in [9.17, 15) is 19.1 Å². The summed E-state index contributed by atoms with van der Waals surface area (Å²) >= 11 is 0. The molecular weight excluding hydrogens is 256 g/mol. The van der Waals surface area contributed by atoms with E-state index in [1.807, 2.05) is 0 Å². The largest absolute Gasteiger partial charge is 0.285 e. The zero-order valence-electron chi connectivity index (χ0n) is 9.57. The molecule has 96 valence electrons. The van der Waals surface area contributed by atoms with Gasteiger partial charge in [-0.25, -0.2) is 4.21 Å². The van der Waals surface area contributed by atoms with E-state index in [0.717, 1.165) is 12.8 Å². The average Bonchev–Trinajstić information content (AvgIpc) is 2.76. The Morgan fingerprint density at radius 3 is 2.28 bits per heavy atom. The van der Waals surface area contributed by atoms with Crippen LogP contribution in [-0.2, 0) is 9.73 Å². The molecule has 1 saturated heterocycles. The van der Waals surface area contributed by atoms with Gasteiger partial charge in [0.25, 0.3) is 11.6 Å². The Balaban J connectivity index is 2.24. The maximum atomic E-state index is 12.0. The summed E-state index contributed by atoms with van der Waals surface area (Å²) in [5.74, 6) is 0.369. The fourth-order valence-electron chi connectivity index (χ4n) is 1.78. The number of carbonyl (C=O) groups is 1. The summed E-state index contributed by atoms with van der Waals surface area (Å²) in [5, 5.41) is 10.5. The Morgan fingerprint density at radius 1 is 1.22 bits per heavy atom. The van der Waals surface area contributed by atoms with Gasteiger partial charge in [-0.2, -0.15) is 4.36 Å². The van der Waals surface area contributed by atoms with Crippen LogP contribution in [-0.4, -0.2) is 26.5 Å². The van der Waals surface area contributed by atoms with Crippen molar-refractivity contribution >= 4 is 21.3 Å². The van der Waals surface area contributed by atoms with Gasteiger partial charge in [-0.1, -0.05) is 0 Å². The van der Waals surface area contributed by atoms with E-state index < -0.39 is 20.6 Å². The predicted molar refractivity (Wildman–Crippen MR) is 67.0 cm³/mol. The number of carbonyl (C=O) groups excluding carboxylic acids is 1. The molecular formula is C11H12N2O4S. The van der Waals surface area contributed by atoms with E-state index in [-0.39, 0.29) is 11.3 Å². The number of hydrogen-bond acceptors (Lipinski definition) is 4. The highest BCUT2D eigenvalue weighted by Gasteiger charge is 2.19. The van der Waals surface area contributed by atoms with Crippen molar-refractivity contribution in [2.75, 3.05) is 11.5 Å². The molecule has 1 aliphatic rings. The highest BCUT2D eigenvalue weighted by atomic mass is 32.2. The smallest absolute Gasteiger partial charge is 0.266 e. The second kappa shape index (κ2) is 4.85. The summed E-state index contributed by atoms with van der Waals surface area (Å²) in [6.07, 6.45) is 1.66. The summed E-state index contributed by atoms with van der Waals surface area (Å²) in [4.78, 5) is 21.7. The highest BCUT2D eigenvalue weighted by molar-refractivity contribution is 7.94. The van der Waals surface area contributed by atoms with Crippen LogP contribution in [0.2, 0.25) is 0 Å². The molecule has 7 heteroatoms. The number of nitro groups is 1. The van der Waals surface area contributed by atoms with Gasteiger partial charge in [-0.3, -0.25) is 14.9 Å². The summed E-state index contributed by atoms with van der Waals surface area (Å²) in [7, 11) is -2.39. The lowest BCUT2D eigenvalue weighted by Crippen LogP contribution is -2.06. The van der Waals surface area contributed by atoms with Crippen molar-refractivity contribution in [1.29, 1.82) is 0 Å². The number of hydrogen-bond donors (Lipinski definition) is 0. The van der Waals surface area contributed by atoms with Crippen LogP contribution in [0.25, 0.3) is 0 Å². The van der Waals surface area contributed by atoms with Crippen LogP contribution in [0, 0.1) is 10.1 Å². The first-order chi connectivity index (χ1) is 8.50. The minimum Gasteiger partial charge on any atom is -0.266 e. The minimum atomic E-state index is -2.39. The van der Waals surface area contributed by atoms with E-state index in [0.29, 0.717) is 11.5 Å². The molecule has 0 bridgehead atoms. The van der Waals surface area contributed by atoms with Gasteiger partial charge in [0.15, 0.2) is 0 Å². The molecule has 1 aliphatic heterocycles. The lowest BCUT2D eigenvalue weighted by Gasteiger charge is -1.99. The van der Waals surface area contributed by atoms with Crippen LogP contribution in [0.1, 0.15) is 23.2 Å². The van der Waals surface area contributed by atoms with Crippen molar-refractivity contribution in [3.05, 3.63) is 39.9 Å². The quantitative estimate of drug-likeness (QED) is 0.606. The number of benzene rings is 1. The van der Waals surface area contributed by atoms with Crippen molar-refractivity contribution in [2.24, 2.45) is 4.36 Å². The Bertz CT molecular complexity index is 588. The average molecular weight is 268 g/mol. The molecule has 0 saturated carbocycles. The second-order valence-corrected chi connectivity index (χ2v) is 6.63. The van der Waals surface area contributed by atoms with Gasteiger partial charge in [-0.05, 0) is 25.0 Å². The third-order valence-electron chi connectivity index (χ3n) is 2.75. The molecule has 0 aliphatic carbocycles. The van der Waals surface area contributed by atoms with E-state index in [2.05, 4.69) is 4.36 Å². The van der Waals surface area contributed by atoms with Crippen LogP contribution in [0.4, 0.5) is 5.69 Å². The maximum Gasteiger partial charge on any atom is 0.285 e. The highest BCUT2D eigenvalue weighted by Crippen LogP contribution is 2.17. The molecule has 1 aromatic rings. The molecule has 1 heterocycles. The lowest BCUT2D eigenvalue weighted by molar-refractivity contribution is -0.384. The normalized spacial score (nSPS) is 17.3. The van der Waals surface area contributed by atoms with Gasteiger partial charge in [0.05, 0.1) is 14.7 Å². The van der Waals surface area contributed by atoms with Gasteiger partial charge in [0, 0.05) is 29.2 Å². The molecule has 0 spiro atoms. The molecule has 6 nitrogen and oxygen atoms in total. The molecule has 1 fully saturated rings. The van der Waals surface area contributed by atoms with Crippen molar-refractivity contribution in [3.63, 3.8) is 0 Å². The third kappa shape index (κ3) is 2.73. The molecule has 0 atom stereocenters. The van der Waals surface area contributed by atoms with Gasteiger partial charge in [0.2, 0.25) is 0 Å². The molecule has 1 amide bonds. The van der Waals surface area contributed by atoms with E-state index in [1.54, 1.807) is 0 Å². The summed E-state index contributed by atoms with van der Waals surface area (Å²) in [6, 6.07) is 5.15. The second-order valence-electron chi connectivity index (χ2n) is 4.09. The van der Waals surface area contributed by atoms with Gasteiger partial charge in [0.1, 0.15) is 0 Å². The fraction of sp³-hybridized carbons (Fsp3) is 0.364. The van der Waals surface area contributed by atoms with E-state index in [1.165, 1.54) is 24.3 Å². The molecule has 2 rings (SSSR count). The van der Waals surface area contributed by atoms with E-state index >= 15 is 0 Å². The zero-order valence-corrected chi connectivity index (χ0v) is 10.4. The zero-order chi connectivity index (χ0) is 13.2. The fourth-order valence-corrected chi connectivity index (χ4v) is 3.88. The Morgan fingerprint density at radius 2 is 1.78 bits per heavy atom. The number of nitro benzene ring substituents is 1. The molecule has 18 heavy (non-hydrogen) atoms. The van der Waals surface area contributed by atoms with Gasteiger partial charge in [-0.15, -0.1) is 0 Å². The van der Waals surface area contributed by atoms with Crippen LogP contribution < -0.4 is 0 Å².